The lowest BCUT2D eigenvalue weighted by atomic mass is 10.2. The quantitative estimate of drug-likeness (QED) is 0.880. The number of hydrogen-bond donors (Lipinski definition) is 2. The molecule has 0 bridgehead atoms. The molecule has 5 heteroatoms. The predicted molar refractivity (Wildman–Crippen MR) is 85.7 cm³/mol. The zero-order chi connectivity index (χ0) is 14.1. The van der Waals surface area contributed by atoms with Crippen LogP contribution >= 0.6 is 15.9 Å². The molecule has 0 unspecified atom stereocenters. The summed E-state index contributed by atoms with van der Waals surface area (Å²) >= 11 is 3.48. The van der Waals surface area contributed by atoms with Gasteiger partial charge in [-0.25, -0.2) is 9.97 Å². The van der Waals surface area contributed by atoms with E-state index in [1.807, 2.05) is 38.2 Å². The lowest BCUT2D eigenvalue weighted by Gasteiger charge is -2.13. The average molecular weight is 333 g/mol. The molecular weight excluding hydrogens is 316 g/mol. The van der Waals surface area contributed by atoms with Gasteiger partial charge in [-0.15, -0.1) is 0 Å². The Morgan fingerprint density at radius 1 is 1.20 bits per heavy atom. The summed E-state index contributed by atoms with van der Waals surface area (Å²) in [5.74, 6) is 3.26. The van der Waals surface area contributed by atoms with E-state index in [1.54, 1.807) is 0 Å². The van der Waals surface area contributed by atoms with Crippen LogP contribution in [0.2, 0.25) is 0 Å². The van der Waals surface area contributed by atoms with Gasteiger partial charge in [0.1, 0.15) is 17.5 Å². The van der Waals surface area contributed by atoms with Gasteiger partial charge in [0.25, 0.3) is 0 Å². The second-order valence-electron chi connectivity index (χ2n) is 5.06. The third kappa shape index (κ3) is 2.77. The van der Waals surface area contributed by atoms with Crippen LogP contribution in [0.25, 0.3) is 0 Å². The fourth-order valence-electron chi connectivity index (χ4n) is 2.13. The summed E-state index contributed by atoms with van der Waals surface area (Å²) in [5.41, 5.74) is 2.06. The molecule has 1 aliphatic rings. The molecule has 0 amide bonds. The zero-order valence-corrected chi connectivity index (χ0v) is 13.2. The molecule has 1 fully saturated rings. The maximum absolute atomic E-state index is 4.69. The normalized spacial score (nSPS) is 14.2. The van der Waals surface area contributed by atoms with Gasteiger partial charge in [-0.05, 0) is 38.0 Å². The maximum Gasteiger partial charge on any atom is 0.139 e. The number of rotatable bonds is 4. The summed E-state index contributed by atoms with van der Waals surface area (Å²) in [4.78, 5) is 9.29. The highest BCUT2D eigenvalue weighted by Gasteiger charge is 2.28. The molecule has 0 spiro atoms. The van der Waals surface area contributed by atoms with Crippen LogP contribution in [0.15, 0.2) is 28.7 Å². The number of halogens is 1. The standard InChI is InChI=1S/C15H17BrN4/c1-9-13(17-2)19-15(10-6-7-10)20-14(9)18-12-5-3-4-11(16)8-12/h3-5,8,10H,6-7H2,1-2H3,(H2,17,18,19,20). The van der Waals surface area contributed by atoms with E-state index in [4.69, 9.17) is 4.98 Å². The van der Waals surface area contributed by atoms with Gasteiger partial charge in [0.2, 0.25) is 0 Å². The second kappa shape index (κ2) is 5.40. The Hall–Kier alpha value is -1.62. The molecule has 2 aromatic rings. The maximum atomic E-state index is 4.69. The van der Waals surface area contributed by atoms with Crippen molar-refractivity contribution in [1.82, 2.24) is 9.97 Å². The molecule has 1 aromatic carbocycles. The lowest BCUT2D eigenvalue weighted by Crippen LogP contribution is -2.06. The first-order valence-corrected chi connectivity index (χ1v) is 7.55. The van der Waals surface area contributed by atoms with Crippen LogP contribution in [0.4, 0.5) is 17.3 Å². The van der Waals surface area contributed by atoms with Gasteiger partial charge in [-0.2, -0.15) is 0 Å². The number of benzene rings is 1. The molecule has 1 heterocycles. The summed E-state index contributed by atoms with van der Waals surface area (Å²) in [7, 11) is 1.90. The highest BCUT2D eigenvalue weighted by molar-refractivity contribution is 9.10. The minimum Gasteiger partial charge on any atom is -0.373 e. The highest BCUT2D eigenvalue weighted by atomic mass is 79.9. The van der Waals surface area contributed by atoms with Gasteiger partial charge in [0, 0.05) is 28.7 Å². The Bertz CT molecular complexity index is 638. The zero-order valence-electron chi connectivity index (χ0n) is 11.6. The number of hydrogen-bond acceptors (Lipinski definition) is 4. The van der Waals surface area contributed by atoms with Gasteiger partial charge < -0.3 is 10.6 Å². The van der Waals surface area contributed by atoms with Crippen LogP contribution in [0.3, 0.4) is 0 Å². The van der Waals surface area contributed by atoms with Crippen molar-refractivity contribution in [1.29, 1.82) is 0 Å². The molecule has 2 N–H and O–H groups in total. The molecule has 4 nitrogen and oxygen atoms in total. The van der Waals surface area contributed by atoms with E-state index in [2.05, 4.69) is 31.5 Å². The van der Waals surface area contributed by atoms with Crippen LogP contribution in [0, 0.1) is 6.92 Å². The van der Waals surface area contributed by atoms with E-state index in [0.29, 0.717) is 5.92 Å². The number of anilines is 3. The summed E-state index contributed by atoms with van der Waals surface area (Å²) in [6.07, 6.45) is 2.39. The first kappa shape index (κ1) is 13.4. The highest BCUT2D eigenvalue weighted by Crippen LogP contribution is 2.39. The fraction of sp³-hybridized carbons (Fsp3) is 0.333. The van der Waals surface area contributed by atoms with Crippen LogP contribution in [-0.2, 0) is 0 Å². The molecule has 3 rings (SSSR count). The van der Waals surface area contributed by atoms with E-state index in [-0.39, 0.29) is 0 Å². The summed E-state index contributed by atoms with van der Waals surface area (Å²) in [6, 6.07) is 8.08. The molecule has 0 saturated heterocycles. The lowest BCUT2D eigenvalue weighted by molar-refractivity contribution is 0.924. The summed E-state index contributed by atoms with van der Waals surface area (Å²) in [6.45, 7) is 2.03. The van der Waals surface area contributed by atoms with E-state index in [9.17, 15) is 0 Å². The molecule has 104 valence electrons. The smallest absolute Gasteiger partial charge is 0.139 e. The third-order valence-corrected chi connectivity index (χ3v) is 3.92. The van der Waals surface area contributed by atoms with Crippen molar-refractivity contribution < 1.29 is 0 Å². The van der Waals surface area contributed by atoms with Crippen molar-refractivity contribution in [2.75, 3.05) is 17.7 Å². The molecule has 0 aliphatic heterocycles. The Morgan fingerprint density at radius 3 is 2.60 bits per heavy atom. The molecule has 1 saturated carbocycles. The molecule has 0 radical (unpaired) electrons. The molecule has 0 atom stereocenters. The van der Waals surface area contributed by atoms with Gasteiger partial charge in [0.15, 0.2) is 0 Å². The van der Waals surface area contributed by atoms with Crippen LogP contribution in [0.5, 0.6) is 0 Å². The van der Waals surface area contributed by atoms with Gasteiger partial charge in [-0.3, -0.25) is 0 Å². The SMILES string of the molecule is CNc1nc(C2CC2)nc(Nc2cccc(Br)c2)c1C. The van der Waals surface area contributed by atoms with E-state index in [0.717, 1.165) is 33.2 Å². The fourth-order valence-corrected chi connectivity index (χ4v) is 2.53. The molecule has 1 aromatic heterocycles. The molecule has 20 heavy (non-hydrogen) atoms. The second-order valence-corrected chi connectivity index (χ2v) is 5.98. The largest absolute Gasteiger partial charge is 0.373 e. The number of aromatic nitrogens is 2. The Balaban J connectivity index is 1.97. The first-order valence-electron chi connectivity index (χ1n) is 6.76. The van der Waals surface area contributed by atoms with Crippen molar-refractivity contribution in [3.8, 4) is 0 Å². The third-order valence-electron chi connectivity index (χ3n) is 3.43. The van der Waals surface area contributed by atoms with Crippen molar-refractivity contribution in [3.63, 3.8) is 0 Å². The van der Waals surface area contributed by atoms with E-state index in [1.165, 1.54) is 12.8 Å². The van der Waals surface area contributed by atoms with Crippen molar-refractivity contribution >= 4 is 33.3 Å². The van der Waals surface area contributed by atoms with Crippen molar-refractivity contribution in [2.45, 2.75) is 25.7 Å². The summed E-state index contributed by atoms with van der Waals surface area (Å²) in [5, 5.41) is 6.55. The monoisotopic (exact) mass is 332 g/mol. The van der Waals surface area contributed by atoms with Crippen LogP contribution in [-0.4, -0.2) is 17.0 Å². The van der Waals surface area contributed by atoms with Gasteiger partial charge >= 0.3 is 0 Å². The topological polar surface area (TPSA) is 49.8 Å². The number of nitrogens with one attached hydrogen (secondary N) is 2. The predicted octanol–water partition coefficient (Wildman–Crippen LogP) is 4.21. The van der Waals surface area contributed by atoms with Gasteiger partial charge in [0.05, 0.1) is 0 Å². The van der Waals surface area contributed by atoms with Crippen molar-refractivity contribution in [3.05, 3.63) is 40.1 Å². The molecule has 1 aliphatic carbocycles. The minimum absolute atomic E-state index is 0.533. The first-order chi connectivity index (χ1) is 9.67. The Morgan fingerprint density at radius 2 is 1.95 bits per heavy atom. The Labute approximate surface area is 127 Å². The number of nitrogens with zero attached hydrogens (tertiary/aromatic N) is 2. The van der Waals surface area contributed by atoms with Crippen molar-refractivity contribution in [2.24, 2.45) is 0 Å². The van der Waals surface area contributed by atoms with E-state index >= 15 is 0 Å². The average Bonchev–Trinajstić information content (AvgIpc) is 3.25. The van der Waals surface area contributed by atoms with E-state index < -0.39 is 0 Å². The minimum atomic E-state index is 0.533. The molecular formula is C15H17BrN4. The summed E-state index contributed by atoms with van der Waals surface area (Å²) < 4.78 is 1.05. The van der Waals surface area contributed by atoms with Gasteiger partial charge in [-0.1, -0.05) is 22.0 Å². The van der Waals surface area contributed by atoms with Crippen LogP contribution in [0.1, 0.15) is 30.1 Å². The Kier molecular flexibility index (Phi) is 3.61. The van der Waals surface area contributed by atoms with Crippen LogP contribution < -0.4 is 10.6 Å².